The minimum Gasteiger partial charge on any atom is -0.391 e. The molecule has 9 nitrogen and oxygen atoms in total. The van der Waals surface area contributed by atoms with E-state index in [9.17, 15) is 23.1 Å². The third-order valence-corrected chi connectivity index (χ3v) is 7.15. The molecule has 12 heteroatoms. The molecule has 0 radical (unpaired) electrons. The quantitative estimate of drug-likeness (QED) is 0.515. The fraction of sp³-hybridized carbons (Fsp3) is 0.480. The third kappa shape index (κ3) is 5.41. The van der Waals surface area contributed by atoms with Crippen LogP contribution in [-0.4, -0.2) is 75.9 Å². The van der Waals surface area contributed by atoms with E-state index in [-0.39, 0.29) is 19.1 Å². The lowest BCUT2D eigenvalue weighted by Gasteiger charge is -2.37. The summed E-state index contributed by atoms with van der Waals surface area (Å²) in [5, 5.41) is 11.5. The number of carbonyl (C=O) groups excluding carboxylic acids is 1. The van der Waals surface area contributed by atoms with Gasteiger partial charge in [-0.1, -0.05) is 12.1 Å². The van der Waals surface area contributed by atoms with Crippen molar-refractivity contribution in [2.24, 2.45) is 11.7 Å². The highest BCUT2D eigenvalue weighted by atomic mass is 19.4. The summed E-state index contributed by atoms with van der Waals surface area (Å²) in [6.07, 6.45) is -0.996. The van der Waals surface area contributed by atoms with Crippen LogP contribution in [0.5, 0.6) is 0 Å². The molecule has 2 aromatic heterocycles. The Morgan fingerprint density at radius 1 is 1.22 bits per heavy atom. The first-order chi connectivity index (χ1) is 17.7. The Morgan fingerprint density at radius 2 is 2.05 bits per heavy atom. The minimum atomic E-state index is -4.43. The highest BCUT2D eigenvalue weighted by Crippen LogP contribution is 2.36. The molecule has 2 saturated heterocycles. The molecule has 2 fully saturated rings. The second-order valence-corrected chi connectivity index (χ2v) is 9.63. The number of halogens is 3. The number of anilines is 1. The first-order valence-electron chi connectivity index (χ1n) is 12.2. The predicted molar refractivity (Wildman–Crippen MR) is 130 cm³/mol. The van der Waals surface area contributed by atoms with E-state index in [1.165, 1.54) is 18.5 Å². The number of aliphatic hydroxyl groups excluding tert-OH is 1. The molecule has 2 aliphatic rings. The molecule has 4 heterocycles. The van der Waals surface area contributed by atoms with Crippen LogP contribution in [0, 0.1) is 5.92 Å². The largest absolute Gasteiger partial charge is 0.416 e. The highest BCUT2D eigenvalue weighted by Gasteiger charge is 2.34. The van der Waals surface area contributed by atoms with Gasteiger partial charge in [-0.3, -0.25) is 9.69 Å². The molecule has 3 N–H and O–H groups in total. The van der Waals surface area contributed by atoms with E-state index in [1.54, 1.807) is 6.07 Å². The monoisotopic (exact) mass is 518 g/mol. The molecule has 2 aliphatic heterocycles. The van der Waals surface area contributed by atoms with Crippen LogP contribution in [0.1, 0.15) is 23.6 Å². The molecule has 5 rings (SSSR count). The zero-order chi connectivity index (χ0) is 26.2. The molecule has 0 bridgehead atoms. The number of rotatable bonds is 6. The van der Waals surface area contributed by atoms with E-state index in [2.05, 4.69) is 9.97 Å². The number of β-amino-alcohol motifs (C(OH)–C–C–N with tert-alkyl or cyclic N) is 1. The van der Waals surface area contributed by atoms with Gasteiger partial charge in [0, 0.05) is 31.7 Å². The van der Waals surface area contributed by atoms with E-state index in [0.717, 1.165) is 11.5 Å². The number of nitrogens with zero attached hydrogens (tertiary/aromatic N) is 5. The molecule has 0 saturated carbocycles. The predicted octanol–water partition coefficient (Wildman–Crippen LogP) is 2.20. The van der Waals surface area contributed by atoms with Gasteiger partial charge in [-0.25, -0.2) is 9.97 Å². The summed E-state index contributed by atoms with van der Waals surface area (Å²) in [5.41, 5.74) is 5.77. The molecule has 0 aliphatic carbocycles. The molecule has 0 unspecified atom stereocenters. The van der Waals surface area contributed by atoms with Gasteiger partial charge in [-0.15, -0.1) is 0 Å². The van der Waals surface area contributed by atoms with Gasteiger partial charge in [-0.05, 0) is 36.7 Å². The van der Waals surface area contributed by atoms with Gasteiger partial charge < -0.3 is 25.0 Å². The normalized spacial score (nSPS) is 23.5. The van der Waals surface area contributed by atoms with Crippen molar-refractivity contribution < 1.29 is 27.8 Å². The number of piperidine rings is 1. The van der Waals surface area contributed by atoms with Crippen LogP contribution in [0.4, 0.5) is 19.0 Å². The number of likely N-dealkylation sites (tertiary alicyclic amines) is 1. The average Bonchev–Trinajstić information content (AvgIpc) is 3.28. The third-order valence-electron chi connectivity index (χ3n) is 7.15. The number of ether oxygens (including phenoxy) is 1. The Bertz CT molecular complexity index is 1270. The summed E-state index contributed by atoms with van der Waals surface area (Å²) >= 11 is 0. The van der Waals surface area contributed by atoms with E-state index in [1.807, 2.05) is 26.6 Å². The molecule has 1 aromatic carbocycles. The molecule has 1 amide bonds. The van der Waals surface area contributed by atoms with Crippen molar-refractivity contribution in [3.63, 3.8) is 0 Å². The van der Waals surface area contributed by atoms with Crippen LogP contribution in [0.3, 0.4) is 0 Å². The molecule has 198 valence electrons. The first-order valence-corrected chi connectivity index (χ1v) is 12.2. The SMILES string of the molecule is NC(=O)CN1CC[C@@H](Cn2ccc3c(N4CCOC[C@H]4c4cccc(C(F)(F)F)c4)ncnc32)[C@H](O)C1. The summed E-state index contributed by atoms with van der Waals surface area (Å²) in [7, 11) is 0. The van der Waals surface area contributed by atoms with Crippen molar-refractivity contribution in [2.75, 3.05) is 44.3 Å². The minimum absolute atomic E-state index is 0.0283. The maximum atomic E-state index is 13.4. The summed E-state index contributed by atoms with van der Waals surface area (Å²) in [5.74, 6) is 0.184. The van der Waals surface area contributed by atoms with Crippen LogP contribution in [0.15, 0.2) is 42.9 Å². The van der Waals surface area contributed by atoms with Crippen molar-refractivity contribution in [3.05, 3.63) is 54.0 Å². The molecule has 3 aromatic rings. The number of amides is 1. The number of alkyl halides is 3. The van der Waals surface area contributed by atoms with Crippen molar-refractivity contribution >= 4 is 22.8 Å². The summed E-state index contributed by atoms with van der Waals surface area (Å²) in [4.78, 5) is 24.0. The summed E-state index contributed by atoms with van der Waals surface area (Å²) in [6.45, 7) is 2.83. The zero-order valence-electron chi connectivity index (χ0n) is 20.1. The Morgan fingerprint density at radius 3 is 2.81 bits per heavy atom. The second kappa shape index (κ2) is 10.3. The van der Waals surface area contributed by atoms with Crippen molar-refractivity contribution in [1.29, 1.82) is 0 Å². The lowest BCUT2D eigenvalue weighted by Crippen LogP contribution is -2.47. The second-order valence-electron chi connectivity index (χ2n) is 9.63. The first kappa shape index (κ1) is 25.4. The smallest absolute Gasteiger partial charge is 0.391 e. The highest BCUT2D eigenvalue weighted by molar-refractivity contribution is 5.88. The molecular weight excluding hydrogens is 489 g/mol. The lowest BCUT2D eigenvalue weighted by atomic mass is 9.93. The standard InChI is InChI=1S/C25H29F3N6O3/c26-25(27,28)18-3-1-2-16(10-18)20-14-37-9-8-34(20)24-19-5-7-33(23(19)30-15-31-24)11-17-4-6-32(12-21(17)35)13-22(29)36/h1-3,5,7,10,15,17,20-21,35H,4,6,8-9,11-14H2,(H2,29,36)/t17-,20-,21+/m0/s1. The number of primary amides is 1. The number of hydrogen-bond donors (Lipinski definition) is 2. The van der Waals surface area contributed by atoms with Crippen LogP contribution >= 0.6 is 0 Å². The number of aliphatic hydroxyl groups is 1. The average molecular weight is 519 g/mol. The van der Waals surface area contributed by atoms with Crippen molar-refractivity contribution in [3.8, 4) is 0 Å². The van der Waals surface area contributed by atoms with Gasteiger partial charge in [-0.2, -0.15) is 13.2 Å². The Kier molecular flexibility index (Phi) is 7.06. The van der Waals surface area contributed by atoms with Gasteiger partial charge in [0.1, 0.15) is 17.8 Å². The van der Waals surface area contributed by atoms with Gasteiger partial charge in [0.15, 0.2) is 0 Å². The maximum absolute atomic E-state index is 13.4. The fourth-order valence-electron chi connectivity index (χ4n) is 5.30. The van der Waals surface area contributed by atoms with E-state index in [0.29, 0.717) is 56.2 Å². The van der Waals surface area contributed by atoms with Crippen LogP contribution in [0.25, 0.3) is 11.0 Å². The van der Waals surface area contributed by atoms with Gasteiger partial charge in [0.2, 0.25) is 5.91 Å². The number of nitrogens with two attached hydrogens (primary N) is 1. The number of hydrogen-bond acceptors (Lipinski definition) is 7. The molecule has 37 heavy (non-hydrogen) atoms. The van der Waals surface area contributed by atoms with Crippen LogP contribution in [-0.2, 0) is 22.3 Å². The summed E-state index contributed by atoms with van der Waals surface area (Å²) in [6, 6.07) is 6.79. The van der Waals surface area contributed by atoms with Crippen LogP contribution < -0.4 is 10.6 Å². The van der Waals surface area contributed by atoms with E-state index in [4.69, 9.17) is 10.5 Å². The Labute approximate surface area is 211 Å². The summed E-state index contributed by atoms with van der Waals surface area (Å²) < 4.78 is 47.7. The fourth-order valence-corrected chi connectivity index (χ4v) is 5.30. The molecule has 3 atom stereocenters. The number of morpholine rings is 1. The molecule has 0 spiro atoms. The van der Waals surface area contributed by atoms with E-state index >= 15 is 0 Å². The zero-order valence-corrected chi connectivity index (χ0v) is 20.1. The number of fused-ring (bicyclic) bond motifs is 1. The Hall–Kier alpha value is -3.22. The number of carbonyl (C=O) groups is 1. The van der Waals surface area contributed by atoms with Crippen molar-refractivity contribution in [1.82, 2.24) is 19.4 Å². The van der Waals surface area contributed by atoms with Gasteiger partial charge >= 0.3 is 6.18 Å². The number of aromatic nitrogens is 3. The molecular formula is C25H29F3N6O3. The number of benzene rings is 1. The maximum Gasteiger partial charge on any atom is 0.416 e. The Balaban J connectivity index is 1.40. The van der Waals surface area contributed by atoms with Gasteiger partial charge in [0.05, 0.1) is 42.9 Å². The van der Waals surface area contributed by atoms with E-state index < -0.39 is 29.8 Å². The van der Waals surface area contributed by atoms with Gasteiger partial charge in [0.25, 0.3) is 0 Å². The lowest BCUT2D eigenvalue weighted by molar-refractivity contribution is -0.137. The van der Waals surface area contributed by atoms with Crippen molar-refractivity contribution in [2.45, 2.75) is 31.3 Å². The topological polar surface area (TPSA) is 110 Å². The van der Waals surface area contributed by atoms with Crippen LogP contribution in [0.2, 0.25) is 0 Å².